The number of nitrogens with zero attached hydrogens (tertiary/aromatic N) is 7. The minimum atomic E-state index is -3.77. The van der Waals surface area contributed by atoms with Crippen LogP contribution in [0.5, 0.6) is 0 Å². The molecule has 1 saturated heterocycles. The number of carbonyl (C=O) groups excluding carboxylic acids is 4. The molecule has 0 spiro atoms. The van der Waals surface area contributed by atoms with Gasteiger partial charge >= 0.3 is 17.8 Å². The van der Waals surface area contributed by atoms with Gasteiger partial charge in [-0.25, -0.2) is 17.9 Å². The van der Waals surface area contributed by atoms with E-state index in [1.807, 2.05) is 4.72 Å². The van der Waals surface area contributed by atoms with Gasteiger partial charge in [-0.3, -0.25) is 19.5 Å². The van der Waals surface area contributed by atoms with Crippen LogP contribution < -0.4 is 20.3 Å². The number of urea groups is 1. The van der Waals surface area contributed by atoms with Crippen molar-refractivity contribution in [3.05, 3.63) is 83.8 Å². The smallest absolute Gasteiger partial charge is 0.324 e. The predicted molar refractivity (Wildman–Crippen MR) is 174 cm³/mol. The average molecular weight is 692 g/mol. The summed E-state index contributed by atoms with van der Waals surface area (Å²) < 4.78 is 25.8. The molecule has 0 aliphatic carbocycles. The lowest BCUT2D eigenvalue weighted by Crippen LogP contribution is -2.60. The third kappa shape index (κ3) is 7.08. The summed E-state index contributed by atoms with van der Waals surface area (Å²) in [6.45, 7) is 0.0272. The number of amides is 5. The third-order valence-electron chi connectivity index (χ3n) is 7.38. The number of hydrogen-bond acceptors (Lipinski definition) is 10. The Morgan fingerprint density at radius 2 is 1.73 bits per heavy atom. The van der Waals surface area contributed by atoms with Gasteiger partial charge in [0.25, 0.3) is 0 Å². The molecule has 5 aromatic rings. The van der Waals surface area contributed by atoms with Crippen LogP contribution in [0.4, 0.5) is 21.9 Å². The van der Waals surface area contributed by atoms with Crippen LogP contribution in [0.25, 0.3) is 16.6 Å². The van der Waals surface area contributed by atoms with E-state index in [-0.39, 0.29) is 25.2 Å². The summed E-state index contributed by atoms with van der Waals surface area (Å²) >= 11 is 6.26. The Morgan fingerprint density at radius 1 is 0.958 bits per heavy atom. The van der Waals surface area contributed by atoms with Gasteiger partial charge in [0.05, 0.1) is 29.3 Å². The molecule has 0 radical (unpaired) electrons. The Morgan fingerprint density at radius 3 is 2.46 bits per heavy atom. The number of nitrogens with one attached hydrogen (secondary N) is 4. The Labute approximate surface area is 277 Å². The zero-order chi connectivity index (χ0) is 34.0. The number of aromatic amines is 1. The number of piperazine rings is 1. The Hall–Kier alpha value is -5.88. The fraction of sp³-hybridized carbons (Fsp3) is 0.172. The number of halogens is 1. The minimum Gasteiger partial charge on any atom is -0.324 e. The van der Waals surface area contributed by atoms with Gasteiger partial charge in [0.15, 0.2) is 0 Å². The second kappa shape index (κ2) is 13.1. The van der Waals surface area contributed by atoms with E-state index in [1.54, 1.807) is 48.7 Å². The maximum atomic E-state index is 13.9. The minimum absolute atomic E-state index is 0.00165. The molecule has 0 saturated carbocycles. The maximum Gasteiger partial charge on any atom is 0.332 e. The molecule has 3 heterocycles. The SMILES string of the molecule is CS(=O)(=O)NC(=O)Nc1ccc(CC(C(=O)Nc2ccc3[nH]ncc3c2)N2CCN(c3cc(Cl)ccc3-n3cnnn3)C(=O)C2=O)cc1. The summed E-state index contributed by atoms with van der Waals surface area (Å²) in [4.78, 5) is 55.8. The standard InChI is InChI=1S/C29H26ClN11O6S/c1-48(46,47)36-29(45)34-20-5-2-17(3-6-20)12-25(26(42)33-21-7-8-22-18(13-21)15-31-35-22)40-11-10-39(27(43)28(40)44)24-14-19(30)4-9-23(24)41-16-32-37-38-41/h2-9,13-16,25H,10-12H2,1H3,(H,31,35)(H,33,42)(H2,34,36,45). The first-order chi connectivity index (χ1) is 22.9. The van der Waals surface area contributed by atoms with Crippen molar-refractivity contribution < 1.29 is 27.6 Å². The highest BCUT2D eigenvalue weighted by Crippen LogP contribution is 2.30. The number of aromatic nitrogens is 6. The van der Waals surface area contributed by atoms with Crippen LogP contribution in [0.3, 0.4) is 0 Å². The van der Waals surface area contributed by atoms with Crippen LogP contribution >= 0.6 is 11.6 Å². The Balaban J connectivity index is 1.26. The van der Waals surface area contributed by atoms with Crippen LogP contribution in [-0.2, 0) is 30.8 Å². The third-order valence-corrected chi connectivity index (χ3v) is 8.17. The number of H-pyrrole nitrogens is 1. The highest BCUT2D eigenvalue weighted by molar-refractivity contribution is 7.89. The van der Waals surface area contributed by atoms with Gasteiger partial charge in [-0.05, 0) is 64.5 Å². The topological polar surface area (TPSA) is 217 Å². The van der Waals surface area contributed by atoms with Gasteiger partial charge in [0.1, 0.15) is 12.4 Å². The van der Waals surface area contributed by atoms with E-state index in [0.29, 0.717) is 27.6 Å². The van der Waals surface area contributed by atoms with Gasteiger partial charge in [-0.1, -0.05) is 23.7 Å². The van der Waals surface area contributed by atoms with Crippen LogP contribution in [0, 0.1) is 0 Å². The van der Waals surface area contributed by atoms with E-state index in [9.17, 15) is 27.6 Å². The monoisotopic (exact) mass is 691 g/mol. The Kier molecular flexibility index (Phi) is 8.74. The fourth-order valence-corrected chi connectivity index (χ4v) is 5.77. The molecule has 1 aliphatic rings. The van der Waals surface area contributed by atoms with Gasteiger partial charge in [-0.15, -0.1) is 5.10 Å². The van der Waals surface area contributed by atoms with Gasteiger partial charge in [-0.2, -0.15) is 9.78 Å². The van der Waals surface area contributed by atoms with Crippen LogP contribution in [0.2, 0.25) is 5.02 Å². The zero-order valence-electron chi connectivity index (χ0n) is 25.0. The van der Waals surface area contributed by atoms with Crippen molar-refractivity contribution in [2.24, 2.45) is 0 Å². The van der Waals surface area contributed by atoms with E-state index < -0.39 is 39.8 Å². The molecule has 0 bridgehead atoms. The molecule has 1 atom stereocenters. The molecular weight excluding hydrogens is 666 g/mol. The van der Waals surface area contributed by atoms with E-state index in [1.165, 1.54) is 39.0 Å². The molecule has 6 rings (SSSR count). The van der Waals surface area contributed by atoms with Gasteiger partial charge in [0, 0.05) is 41.3 Å². The molecule has 19 heteroatoms. The van der Waals surface area contributed by atoms with Crippen molar-refractivity contribution >= 4 is 73.3 Å². The number of fused-ring (bicyclic) bond motifs is 1. The molecule has 2 aromatic heterocycles. The predicted octanol–water partition coefficient (Wildman–Crippen LogP) is 1.70. The van der Waals surface area contributed by atoms with E-state index >= 15 is 0 Å². The molecular formula is C29H26ClN11O6S. The quantitative estimate of drug-likeness (QED) is 0.164. The summed E-state index contributed by atoms with van der Waals surface area (Å²) in [5.74, 6) is -2.34. The van der Waals surface area contributed by atoms with E-state index in [4.69, 9.17) is 11.6 Å². The number of benzene rings is 3. The van der Waals surface area contributed by atoms with Crippen molar-refractivity contribution in [3.8, 4) is 5.69 Å². The zero-order valence-corrected chi connectivity index (χ0v) is 26.6. The molecule has 3 aromatic carbocycles. The first-order valence-electron chi connectivity index (χ1n) is 14.2. The first kappa shape index (κ1) is 32.1. The highest BCUT2D eigenvalue weighted by atomic mass is 35.5. The van der Waals surface area contributed by atoms with Crippen molar-refractivity contribution in [3.63, 3.8) is 0 Å². The highest BCUT2D eigenvalue weighted by Gasteiger charge is 2.40. The molecule has 1 fully saturated rings. The van der Waals surface area contributed by atoms with Crippen molar-refractivity contribution in [2.75, 3.05) is 34.9 Å². The summed E-state index contributed by atoms with van der Waals surface area (Å²) in [5, 5.41) is 24.3. The molecule has 5 amide bonds. The lowest BCUT2D eigenvalue weighted by Gasteiger charge is -2.38. The number of hydrogen-bond donors (Lipinski definition) is 4. The second-order valence-corrected chi connectivity index (χ2v) is 12.9. The van der Waals surface area contributed by atoms with Crippen molar-refractivity contribution in [1.82, 2.24) is 40.0 Å². The lowest BCUT2D eigenvalue weighted by molar-refractivity contribution is -0.149. The van der Waals surface area contributed by atoms with Crippen LogP contribution in [0.1, 0.15) is 5.56 Å². The van der Waals surface area contributed by atoms with E-state index in [0.717, 1.165) is 17.2 Å². The normalized spacial score (nSPS) is 14.2. The van der Waals surface area contributed by atoms with Crippen molar-refractivity contribution in [1.29, 1.82) is 0 Å². The lowest BCUT2D eigenvalue weighted by atomic mass is 10.0. The molecule has 1 unspecified atom stereocenters. The van der Waals surface area contributed by atoms with Crippen LogP contribution in [0.15, 0.2) is 73.2 Å². The summed E-state index contributed by atoms with van der Waals surface area (Å²) in [5.41, 5.74) is 2.83. The van der Waals surface area contributed by atoms with E-state index in [2.05, 4.69) is 36.4 Å². The largest absolute Gasteiger partial charge is 0.332 e. The summed E-state index contributed by atoms with van der Waals surface area (Å²) in [6, 6.07) is 14.1. The summed E-state index contributed by atoms with van der Waals surface area (Å²) in [6.07, 6.45) is 3.80. The number of tetrazole rings is 1. The average Bonchev–Trinajstić information content (AvgIpc) is 3.74. The fourth-order valence-electron chi connectivity index (χ4n) is 5.22. The second-order valence-electron chi connectivity index (χ2n) is 10.7. The number of rotatable bonds is 9. The maximum absolute atomic E-state index is 13.9. The molecule has 246 valence electrons. The van der Waals surface area contributed by atoms with Gasteiger partial charge < -0.3 is 20.4 Å². The number of anilines is 3. The first-order valence-corrected chi connectivity index (χ1v) is 16.5. The number of sulfonamides is 1. The molecule has 17 nitrogen and oxygen atoms in total. The number of carbonyl (C=O) groups is 4. The molecule has 48 heavy (non-hydrogen) atoms. The molecule has 4 N–H and O–H groups in total. The van der Waals surface area contributed by atoms with Crippen molar-refractivity contribution in [2.45, 2.75) is 12.5 Å². The van der Waals surface area contributed by atoms with Gasteiger partial charge in [0.2, 0.25) is 15.9 Å². The van der Waals surface area contributed by atoms with Crippen LogP contribution in [-0.4, -0.2) is 92.9 Å². The Bertz CT molecular complexity index is 2140. The molecule has 1 aliphatic heterocycles. The summed E-state index contributed by atoms with van der Waals surface area (Å²) in [7, 11) is -3.77.